The normalized spacial score (nSPS) is 12.2. The minimum atomic E-state index is -0.220. The minimum absolute atomic E-state index is 0.165. The smallest absolute Gasteiger partial charge is 0.319 e. The van der Waals surface area contributed by atoms with Gasteiger partial charge in [0.2, 0.25) is 0 Å². The molecule has 0 aliphatic heterocycles. The standard InChI is InChI=1S/C7H16NO2PS3/c1-4-10-6(9)5-8-7(11-12,13-2)14-3/h8H,4-5,11H2,1-3H3. The lowest BCUT2D eigenvalue weighted by Crippen LogP contribution is -2.37. The van der Waals surface area contributed by atoms with Crippen molar-refractivity contribution in [1.82, 2.24) is 5.32 Å². The van der Waals surface area contributed by atoms with Crippen molar-refractivity contribution in [3.05, 3.63) is 0 Å². The molecule has 0 aromatic carbocycles. The lowest BCUT2D eigenvalue weighted by molar-refractivity contribution is -0.141. The molecule has 0 amide bonds. The van der Waals surface area contributed by atoms with E-state index in [1.165, 1.54) is 0 Å². The van der Waals surface area contributed by atoms with Gasteiger partial charge in [0, 0.05) is 0 Å². The molecule has 0 aliphatic carbocycles. The molecule has 0 saturated carbocycles. The van der Waals surface area contributed by atoms with Crippen LogP contribution in [0.15, 0.2) is 0 Å². The van der Waals surface area contributed by atoms with Crippen LogP contribution in [-0.4, -0.2) is 35.6 Å². The summed E-state index contributed by atoms with van der Waals surface area (Å²) in [5, 5.41) is 3.15. The second-order valence-electron chi connectivity index (χ2n) is 2.35. The van der Waals surface area contributed by atoms with Gasteiger partial charge in [-0.2, -0.15) is 0 Å². The molecule has 1 N–H and O–H groups in total. The second-order valence-corrected chi connectivity index (χ2v) is 7.36. The minimum Gasteiger partial charge on any atom is -0.465 e. The molecule has 0 fully saturated rings. The maximum atomic E-state index is 11.1. The number of carbonyl (C=O) groups excluding carboxylic acids is 1. The third-order valence-corrected chi connectivity index (χ3v) is 8.64. The summed E-state index contributed by atoms with van der Waals surface area (Å²) in [7, 11) is -0.167. The van der Waals surface area contributed by atoms with Crippen LogP contribution < -0.4 is 5.32 Å². The van der Waals surface area contributed by atoms with E-state index in [0.717, 1.165) is 0 Å². The average Bonchev–Trinajstić information content (AvgIpc) is 2.21. The predicted molar refractivity (Wildman–Crippen MR) is 71.5 cm³/mol. The van der Waals surface area contributed by atoms with Crippen LogP contribution in [0.5, 0.6) is 0 Å². The van der Waals surface area contributed by atoms with Gasteiger partial charge in [-0.25, -0.2) is 0 Å². The highest BCUT2D eigenvalue weighted by Crippen LogP contribution is 2.40. The van der Waals surface area contributed by atoms with Crippen molar-refractivity contribution in [2.24, 2.45) is 0 Å². The number of rotatable bonds is 7. The van der Waals surface area contributed by atoms with Gasteiger partial charge in [-0.3, -0.25) is 10.1 Å². The summed E-state index contributed by atoms with van der Waals surface area (Å²) in [6, 6.07) is 0. The summed E-state index contributed by atoms with van der Waals surface area (Å²) in [5.74, 6) is -0.220. The van der Waals surface area contributed by atoms with Gasteiger partial charge in [0.1, 0.15) is 3.94 Å². The monoisotopic (exact) mass is 273 g/mol. The third-order valence-electron chi connectivity index (χ3n) is 1.55. The first-order valence-electron chi connectivity index (χ1n) is 4.11. The molecule has 0 radical (unpaired) electrons. The third kappa shape index (κ3) is 5.03. The van der Waals surface area contributed by atoms with E-state index in [4.69, 9.17) is 16.5 Å². The van der Waals surface area contributed by atoms with Gasteiger partial charge in [-0.15, -0.1) is 35.3 Å². The quantitative estimate of drug-likeness (QED) is 0.429. The molecule has 1 unspecified atom stereocenters. The van der Waals surface area contributed by atoms with Gasteiger partial charge in [0.25, 0.3) is 0 Å². The zero-order valence-corrected chi connectivity index (χ0v) is 12.1. The maximum Gasteiger partial charge on any atom is 0.319 e. The van der Waals surface area contributed by atoms with Gasteiger partial charge < -0.3 is 4.74 Å². The number of hydrogen-bond donors (Lipinski definition) is 1. The molecule has 0 bridgehead atoms. The molecular weight excluding hydrogens is 257 g/mol. The van der Waals surface area contributed by atoms with E-state index < -0.39 is 0 Å². The van der Waals surface area contributed by atoms with E-state index in [-0.39, 0.29) is 23.8 Å². The molecule has 0 spiro atoms. The van der Waals surface area contributed by atoms with Gasteiger partial charge in [-0.05, 0) is 26.8 Å². The Balaban J connectivity index is 4.05. The summed E-state index contributed by atoms with van der Waals surface area (Å²) < 4.78 is 4.66. The van der Waals surface area contributed by atoms with E-state index >= 15 is 0 Å². The van der Waals surface area contributed by atoms with Gasteiger partial charge in [-0.1, -0.05) is 0 Å². The van der Waals surface area contributed by atoms with E-state index in [9.17, 15) is 4.79 Å². The molecular formula is C7H16NO2PS3. The largest absolute Gasteiger partial charge is 0.465 e. The Hall–Kier alpha value is 0.780. The Morgan fingerprint density at radius 3 is 2.50 bits per heavy atom. The van der Waals surface area contributed by atoms with Crippen molar-refractivity contribution in [3.63, 3.8) is 0 Å². The highest BCUT2D eigenvalue weighted by Gasteiger charge is 2.24. The molecule has 84 valence electrons. The van der Waals surface area contributed by atoms with E-state index in [2.05, 4.69) is 5.32 Å². The van der Waals surface area contributed by atoms with E-state index in [1.54, 1.807) is 30.4 Å². The topological polar surface area (TPSA) is 38.3 Å². The first-order chi connectivity index (χ1) is 6.64. The zero-order chi connectivity index (χ0) is 11.0. The van der Waals surface area contributed by atoms with Crippen LogP contribution in [-0.2, 0) is 21.3 Å². The number of carbonyl (C=O) groups is 1. The van der Waals surface area contributed by atoms with Crippen LogP contribution in [0, 0.1) is 0 Å². The van der Waals surface area contributed by atoms with Gasteiger partial charge in [0.15, 0.2) is 0 Å². The molecule has 1 atom stereocenters. The summed E-state index contributed by atoms with van der Waals surface area (Å²) >= 11 is 8.44. The fraction of sp³-hybridized carbons (Fsp3) is 0.857. The SMILES string of the molecule is CCOC(=O)CNC([PH2]=S)(SC)SC. The van der Waals surface area contributed by atoms with Crippen molar-refractivity contribution in [3.8, 4) is 0 Å². The van der Waals surface area contributed by atoms with E-state index in [0.29, 0.717) is 6.61 Å². The van der Waals surface area contributed by atoms with Crippen LogP contribution in [0.3, 0.4) is 0 Å². The van der Waals surface area contributed by atoms with Crippen molar-refractivity contribution in [2.75, 3.05) is 25.7 Å². The average molecular weight is 273 g/mol. The van der Waals surface area contributed by atoms with Crippen LogP contribution in [0.2, 0.25) is 0 Å². The first kappa shape index (κ1) is 14.8. The summed E-state index contributed by atoms with van der Waals surface area (Å²) in [4.78, 5) is 11.1. The number of hydrogen-bond acceptors (Lipinski definition) is 6. The fourth-order valence-electron chi connectivity index (χ4n) is 0.773. The molecule has 0 aromatic heterocycles. The summed E-state index contributed by atoms with van der Waals surface area (Å²) in [6.07, 6.45) is 3.99. The first-order valence-corrected chi connectivity index (χ1v) is 9.02. The Bertz CT molecular complexity index is 199. The fourth-order valence-corrected chi connectivity index (χ4v) is 4.81. The Morgan fingerprint density at radius 1 is 1.57 bits per heavy atom. The Labute approximate surface area is 100.0 Å². The van der Waals surface area contributed by atoms with Gasteiger partial charge in [0.05, 0.1) is 13.2 Å². The molecule has 0 aromatic rings. The molecule has 0 heterocycles. The Kier molecular flexibility index (Phi) is 8.44. The maximum absolute atomic E-state index is 11.1. The number of esters is 1. The highest BCUT2D eigenvalue weighted by molar-refractivity contribution is 8.27. The molecule has 0 rings (SSSR count). The van der Waals surface area contributed by atoms with Crippen molar-refractivity contribution < 1.29 is 9.53 Å². The zero-order valence-electron chi connectivity index (χ0n) is 8.53. The predicted octanol–water partition coefficient (Wildman–Crippen LogP) is 1.35. The molecule has 3 nitrogen and oxygen atoms in total. The van der Waals surface area contributed by atoms with Crippen molar-refractivity contribution in [1.29, 1.82) is 0 Å². The van der Waals surface area contributed by atoms with Crippen LogP contribution in [0.4, 0.5) is 0 Å². The lowest BCUT2D eigenvalue weighted by Gasteiger charge is -2.26. The summed E-state index contributed by atoms with van der Waals surface area (Å²) in [5.41, 5.74) is 0. The highest BCUT2D eigenvalue weighted by atomic mass is 32.4. The molecule has 0 aliphatic rings. The number of thioether (sulfide) groups is 2. The van der Waals surface area contributed by atoms with Crippen molar-refractivity contribution in [2.45, 2.75) is 10.9 Å². The molecule has 7 heteroatoms. The lowest BCUT2D eigenvalue weighted by atomic mass is 10.6. The summed E-state index contributed by atoms with van der Waals surface area (Å²) in [6.45, 7) is 2.46. The van der Waals surface area contributed by atoms with Crippen LogP contribution in [0.25, 0.3) is 0 Å². The Morgan fingerprint density at radius 2 is 2.14 bits per heavy atom. The molecule has 14 heavy (non-hydrogen) atoms. The van der Waals surface area contributed by atoms with Gasteiger partial charge >= 0.3 is 5.97 Å². The van der Waals surface area contributed by atoms with Crippen molar-refractivity contribution >= 4 is 48.7 Å². The number of ether oxygens (including phenoxy) is 1. The van der Waals surface area contributed by atoms with E-state index in [1.807, 2.05) is 12.5 Å². The second kappa shape index (κ2) is 7.99. The van der Waals surface area contributed by atoms with Crippen LogP contribution >= 0.6 is 30.9 Å². The van der Waals surface area contributed by atoms with Crippen LogP contribution in [0.1, 0.15) is 6.92 Å². The molecule has 0 saturated heterocycles. The number of nitrogens with one attached hydrogen (secondary N) is 1.